The first kappa shape index (κ1) is 23.6. The smallest absolute Gasteiger partial charge is 0.233 e. The molecule has 2 aliphatic rings. The average Bonchev–Trinajstić information content (AvgIpc) is 3.08. The number of methoxy groups -OCH3 is 1. The zero-order valence-electron chi connectivity index (χ0n) is 19.7. The monoisotopic (exact) mass is 471 g/mol. The third-order valence-corrected chi connectivity index (χ3v) is 6.70. The SMILES string of the molecule is COc1ccc(Nc2nc(NC3C=CCCCC3)nc(N(C)C3CCN(C)CC3)n2)cc1Cl. The van der Waals surface area contributed by atoms with Crippen molar-refractivity contribution in [2.24, 2.45) is 0 Å². The Balaban J connectivity index is 1.59. The highest BCUT2D eigenvalue weighted by Crippen LogP contribution is 2.29. The fourth-order valence-corrected chi connectivity index (χ4v) is 4.59. The van der Waals surface area contributed by atoms with Crippen LogP contribution in [0.15, 0.2) is 30.4 Å². The molecule has 1 aliphatic carbocycles. The number of aromatic nitrogens is 3. The van der Waals surface area contributed by atoms with Gasteiger partial charge in [-0.2, -0.15) is 15.0 Å². The molecule has 33 heavy (non-hydrogen) atoms. The second kappa shape index (κ2) is 11.0. The summed E-state index contributed by atoms with van der Waals surface area (Å²) in [6.07, 6.45) is 11.3. The van der Waals surface area contributed by atoms with Crippen molar-refractivity contribution in [2.75, 3.05) is 49.8 Å². The third kappa shape index (κ3) is 6.26. The summed E-state index contributed by atoms with van der Waals surface area (Å²) in [6, 6.07) is 6.16. The summed E-state index contributed by atoms with van der Waals surface area (Å²) in [5, 5.41) is 7.34. The van der Waals surface area contributed by atoms with E-state index in [1.807, 2.05) is 18.2 Å². The molecule has 1 saturated heterocycles. The fraction of sp³-hybridized carbons (Fsp3) is 0.542. The van der Waals surface area contributed by atoms with Crippen LogP contribution in [-0.4, -0.2) is 66.2 Å². The number of nitrogens with zero attached hydrogens (tertiary/aromatic N) is 5. The van der Waals surface area contributed by atoms with Crippen LogP contribution in [0.5, 0.6) is 5.75 Å². The number of halogens is 1. The number of ether oxygens (including phenoxy) is 1. The van der Waals surface area contributed by atoms with E-state index in [-0.39, 0.29) is 6.04 Å². The molecule has 1 fully saturated rings. The van der Waals surface area contributed by atoms with Gasteiger partial charge in [0, 0.05) is 24.8 Å². The Kier molecular flexibility index (Phi) is 7.88. The lowest BCUT2D eigenvalue weighted by Gasteiger charge is -2.35. The molecule has 4 rings (SSSR count). The number of allylic oxidation sites excluding steroid dienone is 1. The van der Waals surface area contributed by atoms with Crippen molar-refractivity contribution < 1.29 is 4.74 Å². The first-order chi connectivity index (χ1) is 16.0. The normalized spacial score (nSPS) is 19.7. The highest BCUT2D eigenvalue weighted by atomic mass is 35.5. The van der Waals surface area contributed by atoms with Crippen molar-refractivity contribution >= 4 is 35.1 Å². The molecule has 0 amide bonds. The maximum atomic E-state index is 6.32. The molecule has 0 spiro atoms. The van der Waals surface area contributed by atoms with Crippen molar-refractivity contribution in [1.82, 2.24) is 19.9 Å². The van der Waals surface area contributed by atoms with Gasteiger partial charge >= 0.3 is 0 Å². The molecule has 0 bridgehead atoms. The minimum atomic E-state index is 0.222. The van der Waals surface area contributed by atoms with Gasteiger partial charge in [-0.05, 0) is 70.4 Å². The van der Waals surface area contributed by atoms with Gasteiger partial charge in [0.25, 0.3) is 0 Å². The second-order valence-electron chi connectivity index (χ2n) is 8.87. The number of rotatable bonds is 7. The Morgan fingerprint density at radius 1 is 1.09 bits per heavy atom. The molecule has 1 aromatic carbocycles. The number of piperidine rings is 1. The van der Waals surface area contributed by atoms with Crippen LogP contribution in [0.25, 0.3) is 0 Å². The van der Waals surface area contributed by atoms with Crippen LogP contribution in [0, 0.1) is 0 Å². The minimum absolute atomic E-state index is 0.222. The van der Waals surface area contributed by atoms with Crippen LogP contribution in [0.3, 0.4) is 0 Å². The molecule has 2 N–H and O–H groups in total. The molecule has 0 saturated carbocycles. The Bertz CT molecular complexity index is 962. The first-order valence-electron chi connectivity index (χ1n) is 11.7. The zero-order valence-corrected chi connectivity index (χ0v) is 20.5. The minimum Gasteiger partial charge on any atom is -0.495 e. The molecule has 178 valence electrons. The molecular formula is C24H34ClN7O. The molecule has 0 radical (unpaired) electrons. The third-order valence-electron chi connectivity index (χ3n) is 6.40. The van der Waals surface area contributed by atoms with Crippen molar-refractivity contribution in [3.8, 4) is 5.75 Å². The summed E-state index contributed by atoms with van der Waals surface area (Å²) in [6.45, 7) is 2.15. The van der Waals surface area contributed by atoms with Gasteiger partial charge in [0.15, 0.2) is 0 Å². The molecular weight excluding hydrogens is 438 g/mol. The molecule has 1 aliphatic heterocycles. The topological polar surface area (TPSA) is 78.4 Å². The van der Waals surface area contributed by atoms with Crippen LogP contribution < -0.4 is 20.3 Å². The molecule has 1 aromatic heterocycles. The Hall–Kier alpha value is -2.58. The molecule has 2 aromatic rings. The lowest BCUT2D eigenvalue weighted by atomic mass is 10.0. The first-order valence-corrected chi connectivity index (χ1v) is 12.1. The van der Waals surface area contributed by atoms with E-state index in [0.29, 0.717) is 34.7 Å². The van der Waals surface area contributed by atoms with Gasteiger partial charge in [-0.15, -0.1) is 0 Å². The molecule has 9 heteroatoms. The number of hydrogen-bond donors (Lipinski definition) is 2. The number of anilines is 4. The zero-order chi connectivity index (χ0) is 23.2. The number of nitrogens with one attached hydrogen (secondary N) is 2. The summed E-state index contributed by atoms with van der Waals surface area (Å²) >= 11 is 6.32. The van der Waals surface area contributed by atoms with Gasteiger partial charge in [0.1, 0.15) is 5.75 Å². The fourth-order valence-electron chi connectivity index (χ4n) is 4.33. The Labute approximate surface area is 201 Å². The average molecular weight is 472 g/mol. The Morgan fingerprint density at radius 3 is 2.64 bits per heavy atom. The van der Waals surface area contributed by atoms with E-state index in [0.717, 1.165) is 44.5 Å². The highest BCUT2D eigenvalue weighted by molar-refractivity contribution is 6.32. The number of hydrogen-bond acceptors (Lipinski definition) is 8. The van der Waals surface area contributed by atoms with Gasteiger partial charge in [-0.3, -0.25) is 0 Å². The van der Waals surface area contributed by atoms with Gasteiger partial charge < -0.3 is 25.2 Å². The van der Waals surface area contributed by atoms with Crippen LogP contribution in [0.4, 0.5) is 23.5 Å². The standard InChI is InChI=1S/C24H34ClN7O/c1-31-14-12-19(13-15-31)32(2)24-29-22(26-17-8-6-4-5-7-9-17)28-23(30-24)27-18-10-11-21(33-3)20(25)16-18/h6,8,10-11,16-17,19H,4-5,7,9,12-15H2,1-3H3,(H2,26,27,28,29,30). The summed E-state index contributed by atoms with van der Waals surface area (Å²) in [5.74, 6) is 2.37. The van der Waals surface area contributed by atoms with E-state index in [9.17, 15) is 0 Å². The predicted octanol–water partition coefficient (Wildman–Crippen LogP) is 4.72. The van der Waals surface area contributed by atoms with E-state index in [1.54, 1.807) is 7.11 Å². The van der Waals surface area contributed by atoms with Gasteiger partial charge in [-0.1, -0.05) is 30.2 Å². The summed E-state index contributed by atoms with van der Waals surface area (Å²) in [5.41, 5.74) is 0.792. The van der Waals surface area contributed by atoms with Crippen molar-refractivity contribution in [3.05, 3.63) is 35.4 Å². The molecule has 8 nitrogen and oxygen atoms in total. The number of benzene rings is 1. The maximum Gasteiger partial charge on any atom is 0.233 e. The molecule has 1 unspecified atom stereocenters. The largest absolute Gasteiger partial charge is 0.495 e. The summed E-state index contributed by atoms with van der Waals surface area (Å²) in [7, 11) is 5.85. The van der Waals surface area contributed by atoms with E-state index in [4.69, 9.17) is 26.3 Å². The van der Waals surface area contributed by atoms with Crippen LogP contribution >= 0.6 is 11.6 Å². The van der Waals surface area contributed by atoms with E-state index >= 15 is 0 Å². The predicted molar refractivity (Wildman–Crippen MR) is 135 cm³/mol. The van der Waals surface area contributed by atoms with Crippen molar-refractivity contribution in [1.29, 1.82) is 0 Å². The lowest BCUT2D eigenvalue weighted by Crippen LogP contribution is -2.42. The molecule has 1 atom stereocenters. The Morgan fingerprint density at radius 2 is 1.88 bits per heavy atom. The van der Waals surface area contributed by atoms with E-state index < -0.39 is 0 Å². The van der Waals surface area contributed by atoms with Crippen LogP contribution in [0.2, 0.25) is 5.02 Å². The van der Waals surface area contributed by atoms with Gasteiger partial charge in [0.05, 0.1) is 12.1 Å². The maximum absolute atomic E-state index is 6.32. The van der Waals surface area contributed by atoms with Gasteiger partial charge in [-0.25, -0.2) is 0 Å². The highest BCUT2D eigenvalue weighted by Gasteiger charge is 2.24. The van der Waals surface area contributed by atoms with E-state index in [2.05, 4.69) is 51.7 Å². The molecule has 2 heterocycles. The summed E-state index contributed by atoms with van der Waals surface area (Å²) in [4.78, 5) is 18.8. The second-order valence-corrected chi connectivity index (χ2v) is 9.27. The number of likely N-dealkylation sites (tertiary alicyclic amines) is 1. The van der Waals surface area contributed by atoms with Crippen molar-refractivity contribution in [2.45, 2.75) is 50.6 Å². The van der Waals surface area contributed by atoms with Crippen LogP contribution in [0.1, 0.15) is 38.5 Å². The van der Waals surface area contributed by atoms with E-state index in [1.165, 1.54) is 12.8 Å². The van der Waals surface area contributed by atoms with Crippen LogP contribution in [-0.2, 0) is 0 Å². The lowest BCUT2D eigenvalue weighted by molar-refractivity contribution is 0.252. The van der Waals surface area contributed by atoms with Gasteiger partial charge in [0.2, 0.25) is 17.8 Å². The summed E-state index contributed by atoms with van der Waals surface area (Å²) < 4.78 is 5.26. The quantitative estimate of drug-likeness (QED) is 0.561. The van der Waals surface area contributed by atoms with Crippen molar-refractivity contribution in [3.63, 3.8) is 0 Å².